The Morgan fingerprint density at radius 1 is 1.46 bits per heavy atom. The number of aliphatic hydroxyl groups excluding tert-OH is 1. The maximum Gasteiger partial charge on any atom is 0.475 e. The highest BCUT2D eigenvalue weighted by Crippen LogP contribution is 2.61. The van der Waals surface area contributed by atoms with Gasteiger partial charge in [0.05, 0.1) is 37.6 Å². The van der Waals surface area contributed by atoms with Crippen LogP contribution in [0.2, 0.25) is 0 Å². The second-order valence-electron chi connectivity index (χ2n) is 11.1. The molecular formula is C23H36FN6O9PS. The van der Waals surface area contributed by atoms with Crippen LogP contribution in [0.3, 0.4) is 0 Å². The van der Waals surface area contributed by atoms with Crippen molar-refractivity contribution in [2.24, 2.45) is 17.1 Å². The van der Waals surface area contributed by atoms with Crippen LogP contribution in [0.4, 0.5) is 10.3 Å². The van der Waals surface area contributed by atoms with Crippen LogP contribution in [-0.2, 0) is 32.4 Å². The predicted molar refractivity (Wildman–Crippen MR) is 146 cm³/mol. The fourth-order valence-electron chi connectivity index (χ4n) is 4.24. The third-order valence-electron chi connectivity index (χ3n) is 6.99. The van der Waals surface area contributed by atoms with Gasteiger partial charge in [0.25, 0.3) is 5.56 Å². The monoisotopic (exact) mass is 622 g/mol. The molecule has 18 heteroatoms. The van der Waals surface area contributed by atoms with Crippen LogP contribution in [0.1, 0.15) is 40.8 Å². The summed E-state index contributed by atoms with van der Waals surface area (Å²) < 4.78 is 57.7. The molecule has 0 radical (unpaired) electrons. The third-order valence-corrected chi connectivity index (χ3v) is 9.76. The Kier molecular flexibility index (Phi) is 9.34. The number of imidazole rings is 1. The third kappa shape index (κ3) is 6.53. The molecule has 2 saturated heterocycles. The van der Waals surface area contributed by atoms with Gasteiger partial charge in [-0.05, 0) is 26.7 Å². The minimum atomic E-state index is -4.23. The van der Waals surface area contributed by atoms with Crippen LogP contribution < -0.4 is 17.0 Å². The van der Waals surface area contributed by atoms with E-state index in [1.165, 1.54) is 17.8 Å². The number of halogens is 1. The van der Waals surface area contributed by atoms with Crippen molar-refractivity contribution in [2.75, 3.05) is 31.3 Å². The summed E-state index contributed by atoms with van der Waals surface area (Å²) in [6.45, 7) is 7.83. The first-order chi connectivity index (χ1) is 19.1. The lowest BCUT2D eigenvalue weighted by atomic mass is 9.96. The molecule has 2 aromatic rings. The Morgan fingerprint density at radius 2 is 2.17 bits per heavy atom. The summed E-state index contributed by atoms with van der Waals surface area (Å²) in [5.74, 6) is -0.102. The summed E-state index contributed by atoms with van der Waals surface area (Å²) >= 11 is 0.915. The summed E-state index contributed by atoms with van der Waals surface area (Å²) in [5, 5.41) is 9.81. The van der Waals surface area contributed by atoms with Crippen LogP contribution in [-0.4, -0.2) is 85.5 Å². The van der Waals surface area contributed by atoms with E-state index in [1.807, 2.05) is 13.8 Å². The number of hydrogen-bond donors (Lipinski definition) is 4. The highest BCUT2D eigenvalue weighted by Gasteiger charge is 2.63. The van der Waals surface area contributed by atoms with Crippen molar-refractivity contribution >= 4 is 41.8 Å². The molecule has 7 atom stereocenters. The van der Waals surface area contributed by atoms with Gasteiger partial charge in [0, 0.05) is 5.75 Å². The Labute approximate surface area is 239 Å². The van der Waals surface area contributed by atoms with Gasteiger partial charge in [-0.15, -0.1) is 0 Å². The molecular weight excluding hydrogens is 586 g/mol. The molecule has 0 bridgehead atoms. The van der Waals surface area contributed by atoms with Crippen molar-refractivity contribution in [3.63, 3.8) is 0 Å². The quantitative estimate of drug-likeness (QED) is 0.159. The largest absolute Gasteiger partial charge is 0.475 e. The molecule has 4 heterocycles. The first-order valence-electron chi connectivity index (χ1n) is 12.9. The van der Waals surface area contributed by atoms with Gasteiger partial charge in [-0.25, -0.2) is 13.9 Å². The zero-order chi connectivity index (χ0) is 30.3. The summed E-state index contributed by atoms with van der Waals surface area (Å²) in [4.78, 5) is 35.1. The molecule has 15 nitrogen and oxygen atoms in total. The SMILES string of the molecule is CC(C)C(N)C(O)OCC(C)(C)C(=O)SCCOP1(=O)OCC2OC(n3cnc4c(=O)[nH]c(N)nc43)C(F)C2(C)O1. The number of aliphatic hydroxyl groups is 1. The molecule has 230 valence electrons. The number of aromatic nitrogens is 4. The lowest BCUT2D eigenvalue weighted by Crippen LogP contribution is -2.49. The minimum Gasteiger partial charge on any atom is -0.369 e. The molecule has 7 unspecified atom stereocenters. The van der Waals surface area contributed by atoms with Crippen LogP contribution in [0.25, 0.3) is 11.2 Å². The number of hydrogen-bond acceptors (Lipinski definition) is 14. The smallest absolute Gasteiger partial charge is 0.369 e. The molecule has 0 saturated carbocycles. The number of aromatic amines is 1. The second-order valence-corrected chi connectivity index (χ2v) is 13.7. The molecule has 41 heavy (non-hydrogen) atoms. The normalized spacial score (nSPS) is 30.0. The average molecular weight is 623 g/mol. The number of carbonyl (C=O) groups excluding carboxylic acids is 1. The van der Waals surface area contributed by atoms with Crippen molar-refractivity contribution in [1.29, 1.82) is 0 Å². The molecule has 2 aliphatic heterocycles. The summed E-state index contributed by atoms with van der Waals surface area (Å²) in [6, 6.07) is -0.598. The number of fused-ring (bicyclic) bond motifs is 2. The van der Waals surface area contributed by atoms with Crippen LogP contribution in [0, 0.1) is 11.3 Å². The Morgan fingerprint density at radius 3 is 2.85 bits per heavy atom. The topological polar surface area (TPSA) is 216 Å². The van der Waals surface area contributed by atoms with Gasteiger partial charge in [-0.2, -0.15) is 4.98 Å². The number of H-pyrrole nitrogens is 1. The molecule has 2 aromatic heterocycles. The maximum absolute atomic E-state index is 15.8. The van der Waals surface area contributed by atoms with Crippen LogP contribution >= 0.6 is 19.6 Å². The first kappa shape index (κ1) is 32.0. The van der Waals surface area contributed by atoms with Crippen molar-refractivity contribution in [2.45, 2.75) is 71.1 Å². The van der Waals surface area contributed by atoms with Gasteiger partial charge < -0.3 is 26.0 Å². The molecule has 2 fully saturated rings. The summed E-state index contributed by atoms with van der Waals surface area (Å²) in [7, 11) is -4.23. The molecule has 2 aliphatic rings. The highest BCUT2D eigenvalue weighted by molar-refractivity contribution is 8.13. The van der Waals surface area contributed by atoms with Gasteiger partial charge in [0.2, 0.25) is 5.95 Å². The number of phosphoric acid groups is 1. The number of carbonyl (C=O) groups is 1. The van der Waals surface area contributed by atoms with E-state index < -0.39 is 55.2 Å². The Balaban J connectivity index is 1.32. The maximum atomic E-state index is 15.8. The number of thioether (sulfide) groups is 1. The summed E-state index contributed by atoms with van der Waals surface area (Å²) in [5.41, 5.74) is 8.17. The van der Waals surface area contributed by atoms with Crippen molar-refractivity contribution in [3.05, 3.63) is 16.7 Å². The van der Waals surface area contributed by atoms with Gasteiger partial charge in [0.1, 0.15) is 11.7 Å². The zero-order valence-corrected chi connectivity index (χ0v) is 25.0. The lowest BCUT2D eigenvalue weighted by Gasteiger charge is -2.38. The molecule has 6 N–H and O–H groups in total. The first-order valence-corrected chi connectivity index (χ1v) is 15.4. The summed E-state index contributed by atoms with van der Waals surface area (Å²) in [6.07, 6.45) is -4.20. The van der Waals surface area contributed by atoms with E-state index in [-0.39, 0.29) is 53.7 Å². The van der Waals surface area contributed by atoms with E-state index >= 15 is 4.39 Å². The number of nitrogens with two attached hydrogens (primary N) is 2. The van der Waals surface area contributed by atoms with Crippen molar-refractivity contribution in [1.82, 2.24) is 19.5 Å². The fraction of sp³-hybridized carbons (Fsp3) is 0.739. The molecule has 0 aliphatic carbocycles. The van der Waals surface area contributed by atoms with Crippen molar-refractivity contribution < 1.29 is 41.9 Å². The van der Waals surface area contributed by atoms with Gasteiger partial charge in [-0.3, -0.25) is 32.7 Å². The fourth-order valence-corrected chi connectivity index (χ4v) is 6.68. The van der Waals surface area contributed by atoms with E-state index in [0.29, 0.717) is 0 Å². The van der Waals surface area contributed by atoms with Crippen LogP contribution in [0.15, 0.2) is 11.1 Å². The standard InChI is InChI=1S/C23H36FN6O9PS/c1-11(2)13(25)19(32)35-9-22(3,4)20(33)41-7-6-36-40(34)37-8-12-23(5,39-40)15(24)18(38-12)30-10-27-14-16(30)28-21(26)29-17(14)31/h10-13,15,18-19,32H,6-9,25H2,1-5H3,(H3,26,28,29,31). The number of phosphoric ester groups is 1. The lowest BCUT2D eigenvalue weighted by molar-refractivity contribution is -0.147. The second kappa shape index (κ2) is 12.0. The van der Waals surface area contributed by atoms with Gasteiger partial charge in [-0.1, -0.05) is 25.6 Å². The van der Waals surface area contributed by atoms with E-state index in [2.05, 4.69) is 15.0 Å². The molecule has 0 spiro atoms. The van der Waals surface area contributed by atoms with E-state index in [0.717, 1.165) is 11.8 Å². The van der Waals surface area contributed by atoms with E-state index in [1.54, 1.807) is 13.8 Å². The number of nitrogens with one attached hydrogen (secondary N) is 1. The Bertz CT molecular complexity index is 1370. The van der Waals surface area contributed by atoms with Crippen molar-refractivity contribution in [3.8, 4) is 0 Å². The highest BCUT2D eigenvalue weighted by atomic mass is 32.2. The van der Waals surface area contributed by atoms with Gasteiger partial charge in [0.15, 0.2) is 35.0 Å². The Hall–Kier alpha value is -1.95. The molecule has 0 aromatic carbocycles. The zero-order valence-electron chi connectivity index (χ0n) is 23.3. The molecule has 4 rings (SSSR count). The number of rotatable bonds is 11. The predicted octanol–water partition coefficient (Wildman–Crippen LogP) is 1.47. The van der Waals surface area contributed by atoms with E-state index in [4.69, 9.17) is 34.5 Å². The molecule has 0 amide bonds. The average Bonchev–Trinajstić information content (AvgIpc) is 3.42. The number of nitrogen functional groups attached to an aromatic ring is 1. The number of ether oxygens (including phenoxy) is 2. The van der Waals surface area contributed by atoms with Gasteiger partial charge >= 0.3 is 7.82 Å². The minimum absolute atomic E-state index is 0.00814. The number of anilines is 1. The van der Waals surface area contributed by atoms with E-state index in [9.17, 15) is 19.3 Å². The number of alkyl halides is 1. The van der Waals surface area contributed by atoms with Crippen LogP contribution in [0.5, 0.6) is 0 Å². The number of nitrogens with zero attached hydrogens (tertiary/aromatic N) is 3.